The number of rotatable bonds is 6. The van der Waals surface area contributed by atoms with Gasteiger partial charge >= 0.3 is 0 Å². The Bertz CT molecular complexity index is 775. The van der Waals surface area contributed by atoms with Crippen LogP contribution in [-0.4, -0.2) is 14.8 Å². The highest BCUT2D eigenvalue weighted by atomic mass is 15.3. The zero-order valence-electron chi connectivity index (χ0n) is 14.5. The molecule has 124 valence electrons. The average molecular weight is 320 g/mol. The molecule has 2 aromatic heterocycles. The van der Waals surface area contributed by atoms with Crippen molar-refractivity contribution in [1.29, 1.82) is 0 Å². The minimum Gasteiger partial charge on any atom is -0.301 e. The number of pyridine rings is 1. The topological polar surface area (TPSA) is 42.7 Å². The van der Waals surface area contributed by atoms with Crippen LogP contribution in [0.2, 0.25) is 0 Å². The lowest BCUT2D eigenvalue weighted by molar-refractivity contribution is 0.587. The normalized spacial score (nSPS) is 12.3. The molecule has 4 nitrogen and oxygen atoms in total. The summed E-state index contributed by atoms with van der Waals surface area (Å²) in [5.41, 5.74) is 6.03. The Balaban J connectivity index is 1.86. The van der Waals surface area contributed by atoms with Crippen molar-refractivity contribution in [2.75, 3.05) is 0 Å². The molecule has 0 aliphatic rings. The number of hydrogen-bond acceptors (Lipinski definition) is 3. The number of aromatic nitrogens is 3. The van der Waals surface area contributed by atoms with Gasteiger partial charge in [-0.2, -0.15) is 5.10 Å². The second-order valence-corrected chi connectivity index (χ2v) is 6.07. The van der Waals surface area contributed by atoms with E-state index in [1.165, 1.54) is 22.4 Å². The summed E-state index contributed by atoms with van der Waals surface area (Å²) in [6.45, 7) is 5.04. The smallest absolute Gasteiger partial charge is 0.0754 e. The Kier molecular flexibility index (Phi) is 5.06. The van der Waals surface area contributed by atoms with Crippen LogP contribution < -0.4 is 5.32 Å². The number of benzene rings is 1. The number of nitrogens with one attached hydrogen (secondary N) is 1. The van der Waals surface area contributed by atoms with Crippen LogP contribution >= 0.6 is 0 Å². The van der Waals surface area contributed by atoms with Gasteiger partial charge in [0.05, 0.1) is 17.9 Å². The zero-order chi connectivity index (χ0) is 16.9. The van der Waals surface area contributed by atoms with E-state index in [4.69, 9.17) is 0 Å². The molecule has 0 saturated carbocycles. The van der Waals surface area contributed by atoms with Crippen molar-refractivity contribution in [3.8, 4) is 0 Å². The first-order valence-corrected chi connectivity index (χ1v) is 8.39. The van der Waals surface area contributed by atoms with E-state index in [9.17, 15) is 0 Å². The lowest BCUT2D eigenvalue weighted by Gasteiger charge is -2.19. The van der Waals surface area contributed by atoms with Crippen molar-refractivity contribution in [2.45, 2.75) is 32.9 Å². The van der Waals surface area contributed by atoms with Gasteiger partial charge in [-0.25, -0.2) is 0 Å². The predicted octanol–water partition coefficient (Wildman–Crippen LogP) is 3.57. The Morgan fingerprint density at radius 2 is 1.92 bits per heavy atom. The summed E-state index contributed by atoms with van der Waals surface area (Å²) in [5, 5.41) is 8.04. The molecule has 0 amide bonds. The molecule has 0 aliphatic carbocycles. The third-order valence-corrected chi connectivity index (χ3v) is 4.37. The quantitative estimate of drug-likeness (QED) is 0.755. The lowest BCUT2D eigenvalue weighted by Crippen LogP contribution is -2.23. The SMILES string of the molecule is CCc1c(CNC(c2ccc(C)cc2)c2ccccn2)cnn1C. The van der Waals surface area contributed by atoms with E-state index in [-0.39, 0.29) is 6.04 Å². The first-order valence-electron chi connectivity index (χ1n) is 8.39. The van der Waals surface area contributed by atoms with Crippen LogP contribution in [0.4, 0.5) is 0 Å². The molecule has 1 atom stereocenters. The largest absolute Gasteiger partial charge is 0.301 e. The minimum atomic E-state index is 0.0664. The van der Waals surface area contributed by atoms with Crippen molar-refractivity contribution < 1.29 is 0 Å². The van der Waals surface area contributed by atoms with E-state index in [0.29, 0.717) is 0 Å². The van der Waals surface area contributed by atoms with Crippen LogP contribution in [0.5, 0.6) is 0 Å². The summed E-state index contributed by atoms with van der Waals surface area (Å²) in [6, 6.07) is 14.8. The Morgan fingerprint density at radius 1 is 1.12 bits per heavy atom. The molecule has 24 heavy (non-hydrogen) atoms. The van der Waals surface area contributed by atoms with Crippen molar-refractivity contribution >= 4 is 0 Å². The van der Waals surface area contributed by atoms with Crippen molar-refractivity contribution in [2.24, 2.45) is 7.05 Å². The van der Waals surface area contributed by atoms with Crippen LogP contribution in [0, 0.1) is 6.92 Å². The van der Waals surface area contributed by atoms with Crippen molar-refractivity contribution in [1.82, 2.24) is 20.1 Å². The van der Waals surface area contributed by atoms with Crippen molar-refractivity contribution in [3.05, 3.63) is 82.9 Å². The average Bonchev–Trinajstić information content (AvgIpc) is 2.97. The number of aryl methyl sites for hydroxylation is 2. The summed E-state index contributed by atoms with van der Waals surface area (Å²) >= 11 is 0. The van der Waals surface area contributed by atoms with Gasteiger partial charge < -0.3 is 5.32 Å². The van der Waals surface area contributed by atoms with Gasteiger partial charge in [-0.05, 0) is 31.0 Å². The van der Waals surface area contributed by atoms with Crippen LogP contribution in [-0.2, 0) is 20.0 Å². The van der Waals surface area contributed by atoms with Gasteiger partial charge in [0.1, 0.15) is 0 Å². The molecule has 3 rings (SSSR count). The van der Waals surface area contributed by atoms with Crippen LogP contribution in [0.1, 0.15) is 41.0 Å². The van der Waals surface area contributed by atoms with E-state index in [2.05, 4.69) is 59.6 Å². The van der Waals surface area contributed by atoms with Crippen LogP contribution in [0.25, 0.3) is 0 Å². The van der Waals surface area contributed by atoms with Crippen LogP contribution in [0.3, 0.4) is 0 Å². The van der Waals surface area contributed by atoms with E-state index >= 15 is 0 Å². The first-order chi connectivity index (χ1) is 11.7. The molecule has 0 aliphatic heterocycles. The van der Waals surface area contributed by atoms with Gasteiger partial charge in [-0.1, -0.05) is 42.8 Å². The fourth-order valence-corrected chi connectivity index (χ4v) is 3.02. The first kappa shape index (κ1) is 16.4. The highest BCUT2D eigenvalue weighted by Crippen LogP contribution is 2.22. The predicted molar refractivity (Wildman–Crippen MR) is 96.7 cm³/mol. The van der Waals surface area contributed by atoms with Gasteiger partial charge in [-0.15, -0.1) is 0 Å². The van der Waals surface area contributed by atoms with E-state index in [1.54, 1.807) is 0 Å². The standard InChI is InChI=1S/C20H24N4/c1-4-19-17(14-23-24(19)3)13-22-20(18-7-5-6-12-21-18)16-10-8-15(2)9-11-16/h5-12,14,20,22H,4,13H2,1-3H3. The molecular weight excluding hydrogens is 296 g/mol. The molecule has 4 heteroatoms. The summed E-state index contributed by atoms with van der Waals surface area (Å²) in [4.78, 5) is 4.55. The molecule has 2 heterocycles. The Hall–Kier alpha value is -2.46. The molecule has 0 spiro atoms. The van der Waals surface area contributed by atoms with Gasteiger partial charge in [0.15, 0.2) is 0 Å². The third kappa shape index (κ3) is 3.54. The zero-order valence-corrected chi connectivity index (χ0v) is 14.5. The maximum absolute atomic E-state index is 4.55. The van der Waals surface area contributed by atoms with Crippen LogP contribution in [0.15, 0.2) is 54.9 Å². The summed E-state index contributed by atoms with van der Waals surface area (Å²) in [7, 11) is 2.00. The monoisotopic (exact) mass is 320 g/mol. The van der Waals surface area contributed by atoms with Gasteiger partial charge in [-0.3, -0.25) is 9.67 Å². The molecule has 0 bridgehead atoms. The third-order valence-electron chi connectivity index (χ3n) is 4.37. The molecule has 0 fully saturated rings. The van der Waals surface area contributed by atoms with Gasteiger partial charge in [0, 0.05) is 31.0 Å². The summed E-state index contributed by atoms with van der Waals surface area (Å²) < 4.78 is 1.96. The molecule has 1 aromatic carbocycles. The number of hydrogen-bond donors (Lipinski definition) is 1. The Morgan fingerprint density at radius 3 is 2.58 bits per heavy atom. The molecule has 3 aromatic rings. The van der Waals surface area contributed by atoms with E-state index in [1.807, 2.05) is 36.3 Å². The fraction of sp³-hybridized carbons (Fsp3) is 0.300. The lowest BCUT2D eigenvalue weighted by atomic mass is 10.0. The molecule has 0 radical (unpaired) electrons. The summed E-state index contributed by atoms with van der Waals surface area (Å²) in [5.74, 6) is 0. The van der Waals surface area contributed by atoms with Gasteiger partial charge in [0.25, 0.3) is 0 Å². The minimum absolute atomic E-state index is 0.0664. The Labute approximate surface area is 143 Å². The second kappa shape index (κ2) is 7.41. The van der Waals surface area contributed by atoms with E-state index in [0.717, 1.165) is 18.7 Å². The van der Waals surface area contributed by atoms with Crippen molar-refractivity contribution in [3.63, 3.8) is 0 Å². The fourth-order valence-electron chi connectivity index (χ4n) is 3.02. The number of nitrogens with zero attached hydrogens (tertiary/aromatic N) is 3. The molecule has 0 saturated heterocycles. The maximum Gasteiger partial charge on any atom is 0.0754 e. The second-order valence-electron chi connectivity index (χ2n) is 6.07. The highest BCUT2D eigenvalue weighted by molar-refractivity contribution is 5.30. The van der Waals surface area contributed by atoms with E-state index < -0.39 is 0 Å². The highest BCUT2D eigenvalue weighted by Gasteiger charge is 2.16. The summed E-state index contributed by atoms with van der Waals surface area (Å²) in [6.07, 6.45) is 4.78. The molecule has 1 N–H and O–H groups in total. The van der Waals surface area contributed by atoms with Gasteiger partial charge in [0.2, 0.25) is 0 Å². The molecule has 1 unspecified atom stereocenters. The molecular formula is C20H24N4. The maximum atomic E-state index is 4.55.